The van der Waals surface area contributed by atoms with Crippen molar-refractivity contribution in [2.24, 2.45) is 0 Å². The molecule has 0 atom stereocenters. The highest BCUT2D eigenvalue weighted by molar-refractivity contribution is 6.44. The molecule has 0 saturated heterocycles. The summed E-state index contributed by atoms with van der Waals surface area (Å²) in [5.41, 5.74) is 6.39. The lowest BCUT2D eigenvalue weighted by Gasteiger charge is -2.08. The molecule has 3 N–H and O–H groups in total. The van der Waals surface area contributed by atoms with Gasteiger partial charge in [-0.2, -0.15) is 0 Å². The number of halogens is 2. The molecule has 0 amide bonds. The first-order valence-corrected chi connectivity index (χ1v) is 4.78. The molecule has 0 aromatic heterocycles. The van der Waals surface area contributed by atoms with Crippen LogP contribution in [0.1, 0.15) is 15.9 Å². The third-order valence-electron chi connectivity index (χ3n) is 1.77. The molecular formula is C9H9Cl2NO2. The highest BCUT2D eigenvalue weighted by atomic mass is 35.5. The van der Waals surface area contributed by atoms with Crippen LogP contribution in [0.5, 0.6) is 0 Å². The minimum atomic E-state index is -1.06. The van der Waals surface area contributed by atoms with E-state index in [1.165, 1.54) is 6.07 Å². The number of hydrogen-bond acceptors (Lipinski definition) is 2. The molecule has 76 valence electrons. The van der Waals surface area contributed by atoms with Gasteiger partial charge in [-0.25, -0.2) is 4.79 Å². The van der Waals surface area contributed by atoms with E-state index < -0.39 is 10.8 Å². The minimum absolute atomic E-state index is 0.0822. The van der Waals surface area contributed by atoms with Crippen LogP contribution in [0.4, 0.5) is 5.69 Å². The normalized spacial score (nSPS) is 10.5. The third kappa shape index (κ3) is 2.53. The van der Waals surface area contributed by atoms with E-state index in [4.69, 9.17) is 34.0 Å². The second kappa shape index (κ2) is 4.53. The standard InChI is InChI=1S/C9H9Cl2NO2/c10-7(11)4-5-2-1-3-6(12)8(5)9(13)14/h1-3,7H,4,12H2,(H,13,14). The summed E-state index contributed by atoms with van der Waals surface area (Å²) in [7, 11) is 0. The van der Waals surface area contributed by atoms with Crippen molar-refractivity contribution in [2.75, 3.05) is 5.73 Å². The summed E-state index contributed by atoms with van der Waals surface area (Å²) in [6.45, 7) is 0. The number of carboxylic acids is 1. The number of hydrogen-bond donors (Lipinski definition) is 2. The van der Waals surface area contributed by atoms with Gasteiger partial charge in [0.1, 0.15) is 4.84 Å². The predicted molar refractivity (Wildman–Crippen MR) is 57.0 cm³/mol. The lowest BCUT2D eigenvalue weighted by atomic mass is 10.0. The molecule has 0 spiro atoms. The lowest BCUT2D eigenvalue weighted by molar-refractivity contribution is 0.0697. The average molecular weight is 234 g/mol. The van der Waals surface area contributed by atoms with Crippen LogP contribution in [-0.2, 0) is 6.42 Å². The van der Waals surface area contributed by atoms with Gasteiger partial charge in [-0.15, -0.1) is 23.2 Å². The summed E-state index contributed by atoms with van der Waals surface area (Å²) >= 11 is 11.1. The SMILES string of the molecule is Nc1cccc(CC(Cl)Cl)c1C(=O)O. The van der Waals surface area contributed by atoms with Crippen molar-refractivity contribution in [1.29, 1.82) is 0 Å². The molecule has 1 aromatic rings. The van der Waals surface area contributed by atoms with Gasteiger partial charge in [0.15, 0.2) is 0 Å². The van der Waals surface area contributed by atoms with E-state index in [9.17, 15) is 4.79 Å². The van der Waals surface area contributed by atoms with Gasteiger partial charge in [-0.1, -0.05) is 12.1 Å². The Morgan fingerprint density at radius 3 is 2.64 bits per heavy atom. The Labute approximate surface area is 91.4 Å². The monoisotopic (exact) mass is 233 g/mol. The van der Waals surface area contributed by atoms with E-state index in [1.54, 1.807) is 12.1 Å². The second-order valence-corrected chi connectivity index (χ2v) is 4.06. The largest absolute Gasteiger partial charge is 0.478 e. The van der Waals surface area contributed by atoms with Crippen molar-refractivity contribution in [1.82, 2.24) is 0 Å². The van der Waals surface area contributed by atoms with E-state index in [1.807, 2.05) is 0 Å². The lowest BCUT2D eigenvalue weighted by Crippen LogP contribution is -2.08. The first kappa shape index (κ1) is 11.1. The topological polar surface area (TPSA) is 63.3 Å². The number of aromatic carboxylic acids is 1. The summed E-state index contributed by atoms with van der Waals surface area (Å²) in [4.78, 5) is 10.2. The number of rotatable bonds is 3. The van der Waals surface area contributed by atoms with Gasteiger partial charge in [0.25, 0.3) is 0 Å². The fourth-order valence-corrected chi connectivity index (χ4v) is 1.55. The van der Waals surface area contributed by atoms with Gasteiger partial charge in [-0.3, -0.25) is 0 Å². The number of nitrogens with two attached hydrogens (primary N) is 1. The Bertz CT molecular complexity index is 353. The molecule has 1 aromatic carbocycles. The molecule has 0 unspecified atom stereocenters. The third-order valence-corrected chi connectivity index (χ3v) is 2.08. The summed E-state index contributed by atoms with van der Waals surface area (Å²) in [6, 6.07) is 4.86. The average Bonchev–Trinajstić information content (AvgIpc) is 2.01. The molecule has 0 radical (unpaired) electrons. The number of nitrogen functional groups attached to an aromatic ring is 1. The van der Waals surface area contributed by atoms with Gasteiger partial charge in [0, 0.05) is 12.1 Å². The van der Waals surface area contributed by atoms with Gasteiger partial charge < -0.3 is 10.8 Å². The summed E-state index contributed by atoms with van der Waals surface area (Å²) < 4.78 is 0. The highest BCUT2D eigenvalue weighted by Gasteiger charge is 2.15. The molecular weight excluding hydrogens is 225 g/mol. The molecule has 0 aliphatic heterocycles. The zero-order valence-corrected chi connectivity index (χ0v) is 8.72. The summed E-state index contributed by atoms with van der Waals surface area (Å²) in [6.07, 6.45) is 0.274. The van der Waals surface area contributed by atoms with Crippen LogP contribution in [0.25, 0.3) is 0 Å². The predicted octanol–water partition coefficient (Wildman–Crippen LogP) is 2.31. The molecule has 3 nitrogen and oxygen atoms in total. The van der Waals surface area contributed by atoms with E-state index in [0.29, 0.717) is 5.56 Å². The Balaban J connectivity index is 3.14. The quantitative estimate of drug-likeness (QED) is 0.623. The van der Waals surface area contributed by atoms with Crippen LogP contribution in [-0.4, -0.2) is 15.9 Å². The van der Waals surface area contributed by atoms with Crippen molar-refractivity contribution in [2.45, 2.75) is 11.3 Å². The molecule has 0 aliphatic carbocycles. The van der Waals surface area contributed by atoms with Crippen molar-refractivity contribution < 1.29 is 9.90 Å². The van der Waals surface area contributed by atoms with E-state index >= 15 is 0 Å². The Morgan fingerprint density at radius 2 is 2.14 bits per heavy atom. The van der Waals surface area contributed by atoms with Crippen LogP contribution in [0, 0.1) is 0 Å². The fraction of sp³-hybridized carbons (Fsp3) is 0.222. The molecule has 0 saturated carbocycles. The molecule has 0 fully saturated rings. The smallest absolute Gasteiger partial charge is 0.338 e. The summed E-state index contributed by atoms with van der Waals surface area (Å²) in [5.74, 6) is -1.06. The number of anilines is 1. The van der Waals surface area contributed by atoms with E-state index in [0.717, 1.165) is 0 Å². The molecule has 14 heavy (non-hydrogen) atoms. The zero-order valence-electron chi connectivity index (χ0n) is 7.21. The molecule has 1 rings (SSSR count). The first-order valence-electron chi connectivity index (χ1n) is 3.91. The number of carboxylic acid groups (broad SMARTS) is 1. The minimum Gasteiger partial charge on any atom is -0.478 e. The van der Waals surface area contributed by atoms with Gasteiger partial charge in [0.2, 0.25) is 0 Å². The maximum absolute atomic E-state index is 10.9. The van der Waals surface area contributed by atoms with Crippen molar-refractivity contribution in [3.63, 3.8) is 0 Å². The molecule has 0 aliphatic rings. The molecule has 5 heteroatoms. The van der Waals surface area contributed by atoms with Gasteiger partial charge in [-0.05, 0) is 11.6 Å². The van der Waals surface area contributed by atoms with Crippen molar-refractivity contribution in [3.8, 4) is 0 Å². The van der Waals surface area contributed by atoms with Crippen molar-refractivity contribution in [3.05, 3.63) is 29.3 Å². The molecule has 0 heterocycles. The van der Waals surface area contributed by atoms with Crippen LogP contribution in [0.3, 0.4) is 0 Å². The maximum atomic E-state index is 10.9. The number of alkyl halides is 2. The number of benzene rings is 1. The van der Waals surface area contributed by atoms with Gasteiger partial charge >= 0.3 is 5.97 Å². The van der Waals surface area contributed by atoms with Crippen LogP contribution in [0.2, 0.25) is 0 Å². The van der Waals surface area contributed by atoms with Crippen LogP contribution < -0.4 is 5.73 Å². The van der Waals surface area contributed by atoms with E-state index in [2.05, 4.69) is 0 Å². The zero-order chi connectivity index (χ0) is 10.7. The number of carbonyl (C=O) groups is 1. The Morgan fingerprint density at radius 1 is 1.50 bits per heavy atom. The van der Waals surface area contributed by atoms with Crippen LogP contribution >= 0.6 is 23.2 Å². The first-order chi connectivity index (χ1) is 6.52. The van der Waals surface area contributed by atoms with E-state index in [-0.39, 0.29) is 17.7 Å². The Kier molecular flexibility index (Phi) is 3.61. The molecule has 0 bridgehead atoms. The maximum Gasteiger partial charge on any atom is 0.338 e. The van der Waals surface area contributed by atoms with Crippen LogP contribution in [0.15, 0.2) is 18.2 Å². The van der Waals surface area contributed by atoms with Crippen molar-refractivity contribution >= 4 is 34.9 Å². The van der Waals surface area contributed by atoms with Gasteiger partial charge in [0.05, 0.1) is 5.56 Å². The summed E-state index contributed by atoms with van der Waals surface area (Å²) in [5, 5.41) is 8.89. The highest BCUT2D eigenvalue weighted by Crippen LogP contribution is 2.21. The Hall–Kier alpha value is -0.930. The fourth-order valence-electron chi connectivity index (χ4n) is 1.22. The second-order valence-electron chi connectivity index (χ2n) is 2.78.